The fraction of sp³-hybridized carbons (Fsp3) is 0.500. The van der Waals surface area contributed by atoms with Crippen molar-refractivity contribution in [2.75, 3.05) is 19.0 Å². The van der Waals surface area contributed by atoms with Crippen LogP contribution in [-0.4, -0.2) is 24.7 Å². The van der Waals surface area contributed by atoms with Crippen LogP contribution in [-0.2, 0) is 4.74 Å². The van der Waals surface area contributed by atoms with Gasteiger partial charge in [-0.15, -0.1) is 0 Å². The largest absolute Gasteiger partial charge is 0.383 e. The first-order chi connectivity index (χ1) is 6.36. The molecular weight excluding hydrogens is 164 g/mol. The number of aromatic nitrogens is 1. The number of ether oxygens (including phenoxy) is 1. The molecule has 1 heterocycles. The van der Waals surface area contributed by atoms with Gasteiger partial charge in [0.15, 0.2) is 0 Å². The summed E-state index contributed by atoms with van der Waals surface area (Å²) in [5.41, 5.74) is 0. The zero-order valence-electron chi connectivity index (χ0n) is 8.16. The molecule has 1 atom stereocenters. The van der Waals surface area contributed by atoms with Crippen molar-refractivity contribution in [2.45, 2.75) is 19.4 Å². The lowest BCUT2D eigenvalue weighted by Gasteiger charge is -2.15. The first kappa shape index (κ1) is 9.99. The molecular formula is C10H16N2O. The summed E-state index contributed by atoms with van der Waals surface area (Å²) in [4.78, 5) is 4.18. The topological polar surface area (TPSA) is 34.1 Å². The number of nitrogens with zero attached hydrogens (tertiary/aromatic N) is 1. The Bertz CT molecular complexity index is 226. The van der Waals surface area contributed by atoms with E-state index in [4.69, 9.17) is 4.74 Å². The van der Waals surface area contributed by atoms with Gasteiger partial charge in [-0.3, -0.25) is 0 Å². The van der Waals surface area contributed by atoms with Crippen LogP contribution >= 0.6 is 0 Å². The van der Waals surface area contributed by atoms with Gasteiger partial charge in [0.25, 0.3) is 0 Å². The molecule has 0 spiro atoms. The van der Waals surface area contributed by atoms with Gasteiger partial charge >= 0.3 is 0 Å². The zero-order valence-corrected chi connectivity index (χ0v) is 8.16. The predicted octanol–water partition coefficient (Wildman–Crippen LogP) is 1.92. The van der Waals surface area contributed by atoms with E-state index >= 15 is 0 Å². The summed E-state index contributed by atoms with van der Waals surface area (Å²) in [7, 11) is 1.71. The van der Waals surface area contributed by atoms with Crippen molar-refractivity contribution < 1.29 is 4.74 Å². The van der Waals surface area contributed by atoms with E-state index in [1.54, 1.807) is 13.3 Å². The molecule has 0 unspecified atom stereocenters. The lowest BCUT2D eigenvalue weighted by atomic mass is 10.2. The molecule has 0 fully saturated rings. The van der Waals surface area contributed by atoms with E-state index in [2.05, 4.69) is 17.2 Å². The van der Waals surface area contributed by atoms with Crippen LogP contribution in [0.15, 0.2) is 24.4 Å². The molecule has 0 amide bonds. The Kier molecular flexibility index (Phi) is 4.26. The summed E-state index contributed by atoms with van der Waals surface area (Å²) in [5, 5.41) is 3.29. The molecule has 1 aromatic heterocycles. The molecule has 0 bridgehead atoms. The third-order valence-electron chi connectivity index (χ3n) is 1.88. The molecule has 72 valence electrons. The van der Waals surface area contributed by atoms with Crippen molar-refractivity contribution >= 4 is 5.82 Å². The summed E-state index contributed by atoms with van der Waals surface area (Å²) in [5.74, 6) is 0.909. The first-order valence-electron chi connectivity index (χ1n) is 4.53. The lowest BCUT2D eigenvalue weighted by Crippen LogP contribution is -2.24. The molecule has 1 rings (SSSR count). The van der Waals surface area contributed by atoms with Gasteiger partial charge in [0.1, 0.15) is 5.82 Å². The minimum absolute atomic E-state index is 0.347. The van der Waals surface area contributed by atoms with E-state index in [9.17, 15) is 0 Å². The maximum absolute atomic E-state index is 5.08. The third kappa shape index (κ3) is 3.42. The van der Waals surface area contributed by atoms with Crippen molar-refractivity contribution in [3.05, 3.63) is 24.4 Å². The number of rotatable bonds is 5. The summed E-state index contributed by atoms with van der Waals surface area (Å²) in [6.07, 6.45) is 2.81. The van der Waals surface area contributed by atoms with Gasteiger partial charge in [0.05, 0.1) is 12.6 Å². The number of anilines is 1. The highest BCUT2D eigenvalue weighted by atomic mass is 16.5. The second kappa shape index (κ2) is 5.54. The highest BCUT2D eigenvalue weighted by Gasteiger charge is 2.04. The van der Waals surface area contributed by atoms with Crippen LogP contribution in [0.3, 0.4) is 0 Å². The fourth-order valence-corrected chi connectivity index (χ4v) is 1.12. The van der Waals surface area contributed by atoms with E-state index in [-0.39, 0.29) is 0 Å². The number of hydrogen-bond acceptors (Lipinski definition) is 3. The molecule has 1 N–H and O–H groups in total. The van der Waals surface area contributed by atoms with Crippen molar-refractivity contribution in [1.82, 2.24) is 4.98 Å². The van der Waals surface area contributed by atoms with Crippen molar-refractivity contribution in [3.8, 4) is 0 Å². The summed E-state index contributed by atoms with van der Waals surface area (Å²) in [6.45, 7) is 2.84. The fourth-order valence-electron chi connectivity index (χ4n) is 1.12. The number of nitrogens with one attached hydrogen (secondary N) is 1. The Morgan fingerprint density at radius 2 is 2.38 bits per heavy atom. The third-order valence-corrected chi connectivity index (χ3v) is 1.88. The van der Waals surface area contributed by atoms with Crippen LogP contribution in [0.5, 0.6) is 0 Å². The van der Waals surface area contributed by atoms with Crippen LogP contribution in [0.25, 0.3) is 0 Å². The Morgan fingerprint density at radius 1 is 1.54 bits per heavy atom. The highest BCUT2D eigenvalue weighted by Crippen LogP contribution is 2.04. The number of hydrogen-bond donors (Lipinski definition) is 1. The molecule has 3 heteroatoms. The Hall–Kier alpha value is -1.09. The molecule has 0 aliphatic carbocycles. The molecule has 0 aliphatic rings. The molecule has 1 aromatic rings. The standard InChI is InChI=1S/C10H16N2O/c1-3-9(8-13-2)12-10-6-4-5-7-11-10/h4-7,9H,3,8H2,1-2H3,(H,11,12)/t9-/m0/s1. The first-order valence-corrected chi connectivity index (χ1v) is 4.53. The summed E-state index contributed by atoms with van der Waals surface area (Å²) in [6, 6.07) is 6.18. The smallest absolute Gasteiger partial charge is 0.126 e. The van der Waals surface area contributed by atoms with Crippen LogP contribution in [0.4, 0.5) is 5.82 Å². The van der Waals surface area contributed by atoms with Gasteiger partial charge in [-0.05, 0) is 18.6 Å². The minimum atomic E-state index is 0.347. The maximum Gasteiger partial charge on any atom is 0.126 e. The van der Waals surface area contributed by atoms with E-state index in [0.29, 0.717) is 12.6 Å². The van der Waals surface area contributed by atoms with Crippen molar-refractivity contribution in [1.29, 1.82) is 0 Å². The molecule has 0 saturated heterocycles. The molecule has 0 aliphatic heterocycles. The second-order valence-corrected chi connectivity index (χ2v) is 2.92. The van der Waals surface area contributed by atoms with Gasteiger partial charge in [0, 0.05) is 13.3 Å². The van der Waals surface area contributed by atoms with E-state index in [1.165, 1.54) is 0 Å². The normalized spacial score (nSPS) is 12.5. The number of methoxy groups -OCH3 is 1. The Morgan fingerprint density at radius 3 is 2.92 bits per heavy atom. The van der Waals surface area contributed by atoms with Gasteiger partial charge in [-0.2, -0.15) is 0 Å². The number of pyridine rings is 1. The van der Waals surface area contributed by atoms with Crippen LogP contribution in [0.1, 0.15) is 13.3 Å². The Labute approximate surface area is 79.1 Å². The van der Waals surface area contributed by atoms with Crippen LogP contribution < -0.4 is 5.32 Å². The predicted molar refractivity (Wildman–Crippen MR) is 53.8 cm³/mol. The van der Waals surface area contributed by atoms with Gasteiger partial charge in [-0.25, -0.2) is 4.98 Å². The minimum Gasteiger partial charge on any atom is -0.383 e. The molecule has 13 heavy (non-hydrogen) atoms. The summed E-state index contributed by atoms with van der Waals surface area (Å²) >= 11 is 0. The second-order valence-electron chi connectivity index (χ2n) is 2.92. The van der Waals surface area contributed by atoms with E-state index in [0.717, 1.165) is 12.2 Å². The Balaban J connectivity index is 2.46. The van der Waals surface area contributed by atoms with Crippen LogP contribution in [0, 0.1) is 0 Å². The summed E-state index contributed by atoms with van der Waals surface area (Å²) < 4.78 is 5.08. The lowest BCUT2D eigenvalue weighted by molar-refractivity contribution is 0.184. The maximum atomic E-state index is 5.08. The van der Waals surface area contributed by atoms with Crippen molar-refractivity contribution in [2.24, 2.45) is 0 Å². The van der Waals surface area contributed by atoms with Crippen molar-refractivity contribution in [3.63, 3.8) is 0 Å². The molecule has 0 saturated carbocycles. The molecule has 3 nitrogen and oxygen atoms in total. The SMILES string of the molecule is CC[C@@H](COC)Nc1ccccn1. The average Bonchev–Trinajstić information content (AvgIpc) is 2.19. The van der Waals surface area contributed by atoms with Gasteiger partial charge in [-0.1, -0.05) is 13.0 Å². The quantitative estimate of drug-likeness (QED) is 0.751. The monoisotopic (exact) mass is 180 g/mol. The van der Waals surface area contributed by atoms with Gasteiger partial charge < -0.3 is 10.1 Å². The van der Waals surface area contributed by atoms with E-state index in [1.807, 2.05) is 18.2 Å². The van der Waals surface area contributed by atoms with Crippen LogP contribution in [0.2, 0.25) is 0 Å². The van der Waals surface area contributed by atoms with E-state index < -0.39 is 0 Å². The zero-order chi connectivity index (χ0) is 9.52. The highest BCUT2D eigenvalue weighted by molar-refractivity contribution is 5.34. The van der Waals surface area contributed by atoms with Gasteiger partial charge in [0.2, 0.25) is 0 Å². The molecule has 0 radical (unpaired) electrons. The average molecular weight is 180 g/mol. The molecule has 0 aromatic carbocycles.